The predicted molar refractivity (Wildman–Crippen MR) is 92.5 cm³/mol. The minimum absolute atomic E-state index is 0.105. The molecule has 0 atom stereocenters. The van der Waals surface area contributed by atoms with Gasteiger partial charge in [0.05, 0.1) is 20.8 Å². The lowest BCUT2D eigenvalue weighted by Gasteiger charge is -2.22. The van der Waals surface area contributed by atoms with Gasteiger partial charge >= 0.3 is 6.03 Å². The number of nitrogens with one attached hydrogen (secondary N) is 1. The van der Waals surface area contributed by atoms with Gasteiger partial charge in [0, 0.05) is 24.8 Å². The number of amides is 2. The lowest BCUT2D eigenvalue weighted by Crippen LogP contribution is -2.36. The molecule has 0 fully saturated rings. The number of benzene rings is 2. The van der Waals surface area contributed by atoms with Gasteiger partial charge in [0.2, 0.25) is 0 Å². The first-order valence-electron chi connectivity index (χ1n) is 7.60. The number of urea groups is 1. The Bertz CT molecular complexity index is 661. The van der Waals surface area contributed by atoms with E-state index in [9.17, 15) is 9.90 Å². The fourth-order valence-corrected chi connectivity index (χ4v) is 2.29. The van der Waals surface area contributed by atoms with E-state index in [1.165, 1.54) is 7.11 Å². The van der Waals surface area contributed by atoms with Crippen LogP contribution in [0.25, 0.3) is 0 Å². The normalized spacial score (nSPS) is 10.1. The number of rotatable bonds is 7. The average Bonchev–Trinajstić information content (AvgIpc) is 2.62. The zero-order chi connectivity index (χ0) is 17.4. The molecule has 0 unspecified atom stereocenters. The van der Waals surface area contributed by atoms with E-state index in [1.807, 2.05) is 30.3 Å². The maximum atomic E-state index is 12.5. The van der Waals surface area contributed by atoms with Crippen LogP contribution in [-0.2, 0) is 6.54 Å². The van der Waals surface area contributed by atoms with E-state index >= 15 is 0 Å². The summed E-state index contributed by atoms with van der Waals surface area (Å²) in [5.74, 6) is 1.12. The molecule has 0 aliphatic carbocycles. The molecule has 0 aliphatic heterocycles. The quantitative estimate of drug-likeness (QED) is 0.819. The highest BCUT2D eigenvalue weighted by Crippen LogP contribution is 2.29. The minimum atomic E-state index is -0.292. The fourth-order valence-electron chi connectivity index (χ4n) is 2.29. The molecular formula is C18H22N2O4. The van der Waals surface area contributed by atoms with Gasteiger partial charge in [0.25, 0.3) is 0 Å². The summed E-state index contributed by atoms with van der Waals surface area (Å²) in [5, 5.41) is 12.0. The van der Waals surface area contributed by atoms with Gasteiger partial charge in [-0.15, -0.1) is 0 Å². The molecule has 2 N–H and O–H groups in total. The van der Waals surface area contributed by atoms with Crippen molar-refractivity contribution in [3.63, 3.8) is 0 Å². The number of aliphatic hydroxyl groups is 1. The standard InChI is InChI=1S/C18H22N2O4/c1-23-16-9-8-15(12-17(16)24-2)19-18(22)20(10-11-21)13-14-6-4-3-5-7-14/h3-9,12,21H,10-11,13H2,1-2H3,(H,19,22). The van der Waals surface area contributed by atoms with E-state index in [0.29, 0.717) is 23.7 Å². The summed E-state index contributed by atoms with van der Waals surface area (Å²) in [5.41, 5.74) is 1.59. The summed E-state index contributed by atoms with van der Waals surface area (Å²) in [7, 11) is 3.09. The Morgan fingerprint density at radius 2 is 1.79 bits per heavy atom. The maximum Gasteiger partial charge on any atom is 0.322 e. The molecule has 24 heavy (non-hydrogen) atoms. The second-order valence-corrected chi connectivity index (χ2v) is 5.13. The first-order valence-corrected chi connectivity index (χ1v) is 7.60. The Morgan fingerprint density at radius 1 is 1.08 bits per heavy atom. The second kappa shape index (κ2) is 8.79. The van der Waals surface area contributed by atoms with Crippen LogP contribution in [0.4, 0.5) is 10.5 Å². The Hall–Kier alpha value is -2.73. The van der Waals surface area contributed by atoms with Gasteiger partial charge < -0.3 is 24.8 Å². The van der Waals surface area contributed by atoms with Crippen LogP contribution in [0.3, 0.4) is 0 Å². The van der Waals surface area contributed by atoms with Crippen LogP contribution in [0.1, 0.15) is 5.56 Å². The number of hydrogen-bond donors (Lipinski definition) is 2. The lowest BCUT2D eigenvalue weighted by atomic mass is 10.2. The third-order valence-corrected chi connectivity index (χ3v) is 3.51. The molecular weight excluding hydrogens is 308 g/mol. The summed E-state index contributed by atoms with van der Waals surface area (Å²) < 4.78 is 10.4. The van der Waals surface area contributed by atoms with Crippen molar-refractivity contribution in [3.05, 3.63) is 54.1 Å². The number of methoxy groups -OCH3 is 2. The Labute approximate surface area is 141 Å². The van der Waals surface area contributed by atoms with Gasteiger partial charge in [-0.05, 0) is 17.7 Å². The third-order valence-electron chi connectivity index (χ3n) is 3.51. The van der Waals surface area contributed by atoms with E-state index in [-0.39, 0.29) is 19.2 Å². The molecule has 2 aromatic carbocycles. The maximum absolute atomic E-state index is 12.5. The van der Waals surface area contributed by atoms with Crippen LogP contribution < -0.4 is 14.8 Å². The van der Waals surface area contributed by atoms with Gasteiger partial charge in [-0.3, -0.25) is 0 Å². The van der Waals surface area contributed by atoms with E-state index in [1.54, 1.807) is 30.2 Å². The molecule has 6 nitrogen and oxygen atoms in total. The molecule has 2 aromatic rings. The summed E-state index contributed by atoms with van der Waals surface area (Å²) in [6, 6.07) is 14.5. The molecule has 0 saturated carbocycles. The van der Waals surface area contributed by atoms with E-state index in [4.69, 9.17) is 9.47 Å². The number of aliphatic hydroxyl groups excluding tert-OH is 1. The fraction of sp³-hybridized carbons (Fsp3) is 0.278. The van der Waals surface area contributed by atoms with Crippen LogP contribution in [0.15, 0.2) is 48.5 Å². The lowest BCUT2D eigenvalue weighted by molar-refractivity contribution is 0.185. The highest BCUT2D eigenvalue weighted by molar-refractivity contribution is 5.89. The number of carbonyl (C=O) groups is 1. The van der Waals surface area contributed by atoms with Crippen molar-refractivity contribution in [1.82, 2.24) is 4.90 Å². The Morgan fingerprint density at radius 3 is 2.42 bits per heavy atom. The predicted octanol–water partition coefficient (Wildman–Crippen LogP) is 2.73. The van der Waals surface area contributed by atoms with Gasteiger partial charge in [-0.2, -0.15) is 0 Å². The van der Waals surface area contributed by atoms with Gasteiger partial charge in [0.15, 0.2) is 11.5 Å². The van der Waals surface area contributed by atoms with Crippen LogP contribution in [0, 0.1) is 0 Å². The monoisotopic (exact) mass is 330 g/mol. The molecule has 0 bridgehead atoms. The summed E-state index contributed by atoms with van der Waals surface area (Å²) >= 11 is 0. The second-order valence-electron chi connectivity index (χ2n) is 5.13. The largest absolute Gasteiger partial charge is 0.493 e. The highest BCUT2D eigenvalue weighted by Gasteiger charge is 2.14. The van der Waals surface area contributed by atoms with Crippen molar-refractivity contribution < 1.29 is 19.4 Å². The molecule has 0 aromatic heterocycles. The van der Waals surface area contributed by atoms with Crippen molar-refractivity contribution >= 4 is 11.7 Å². The van der Waals surface area contributed by atoms with Crippen LogP contribution in [0.2, 0.25) is 0 Å². The third kappa shape index (κ3) is 4.63. The SMILES string of the molecule is COc1ccc(NC(=O)N(CCO)Cc2ccccc2)cc1OC. The van der Waals surface area contributed by atoms with Crippen LogP contribution in [-0.4, -0.2) is 43.4 Å². The topological polar surface area (TPSA) is 71.0 Å². The van der Waals surface area contributed by atoms with Crippen LogP contribution >= 0.6 is 0 Å². The van der Waals surface area contributed by atoms with Crippen molar-refractivity contribution in [1.29, 1.82) is 0 Å². The smallest absolute Gasteiger partial charge is 0.322 e. The molecule has 0 spiro atoms. The number of ether oxygens (including phenoxy) is 2. The first-order chi connectivity index (χ1) is 11.7. The van der Waals surface area contributed by atoms with Crippen LogP contribution in [0.5, 0.6) is 11.5 Å². The van der Waals surface area contributed by atoms with Gasteiger partial charge in [0.1, 0.15) is 0 Å². The zero-order valence-electron chi connectivity index (χ0n) is 13.9. The van der Waals surface area contributed by atoms with Crippen molar-refractivity contribution in [3.8, 4) is 11.5 Å². The molecule has 2 amide bonds. The minimum Gasteiger partial charge on any atom is -0.493 e. The molecule has 0 heterocycles. The molecule has 2 rings (SSSR count). The average molecular weight is 330 g/mol. The van der Waals surface area contributed by atoms with E-state index in [0.717, 1.165) is 5.56 Å². The van der Waals surface area contributed by atoms with Crippen molar-refractivity contribution in [2.45, 2.75) is 6.54 Å². The summed E-state index contributed by atoms with van der Waals surface area (Å²) in [6.07, 6.45) is 0. The molecule has 0 aliphatic rings. The number of anilines is 1. The Kier molecular flexibility index (Phi) is 6.45. The Balaban J connectivity index is 2.10. The first kappa shape index (κ1) is 17.6. The summed E-state index contributed by atoms with van der Waals surface area (Å²) in [6.45, 7) is 0.556. The molecule has 0 saturated heterocycles. The van der Waals surface area contributed by atoms with Gasteiger partial charge in [-0.25, -0.2) is 4.79 Å². The molecule has 6 heteroatoms. The molecule has 128 valence electrons. The highest BCUT2D eigenvalue weighted by atomic mass is 16.5. The number of nitrogens with zero attached hydrogens (tertiary/aromatic N) is 1. The van der Waals surface area contributed by atoms with E-state index < -0.39 is 0 Å². The van der Waals surface area contributed by atoms with E-state index in [2.05, 4.69) is 5.32 Å². The number of carbonyl (C=O) groups excluding carboxylic acids is 1. The zero-order valence-corrected chi connectivity index (χ0v) is 13.9. The van der Waals surface area contributed by atoms with Gasteiger partial charge in [-0.1, -0.05) is 30.3 Å². The van der Waals surface area contributed by atoms with Crippen molar-refractivity contribution in [2.24, 2.45) is 0 Å². The number of hydrogen-bond acceptors (Lipinski definition) is 4. The summed E-state index contributed by atoms with van der Waals surface area (Å²) in [4.78, 5) is 14.0. The molecule has 0 radical (unpaired) electrons. The van der Waals surface area contributed by atoms with Crippen molar-refractivity contribution in [2.75, 3.05) is 32.7 Å².